The summed E-state index contributed by atoms with van der Waals surface area (Å²) in [6.07, 6.45) is 4.68. The number of carbonyl (C=O) groups is 4. The van der Waals surface area contributed by atoms with Crippen LogP contribution in [0.2, 0.25) is 0 Å². The second kappa shape index (κ2) is 11.7. The topological polar surface area (TPSA) is 68.3 Å². The number of carbonyl (C=O) groups excluding carboxylic acids is 4. The molecule has 0 aliphatic heterocycles. The molecule has 0 amide bonds. The maximum atomic E-state index is 13.4. The molecule has 3 atom stereocenters. The summed E-state index contributed by atoms with van der Waals surface area (Å²) in [7, 11) is 0. The van der Waals surface area contributed by atoms with Gasteiger partial charge in [0.25, 0.3) is 0 Å². The summed E-state index contributed by atoms with van der Waals surface area (Å²) >= 11 is 0. The van der Waals surface area contributed by atoms with Gasteiger partial charge in [0.1, 0.15) is 11.6 Å². The van der Waals surface area contributed by atoms with Crippen LogP contribution in [0.25, 0.3) is 11.1 Å². The van der Waals surface area contributed by atoms with E-state index in [1.165, 1.54) is 6.92 Å². The Balaban J connectivity index is 1.95. The third-order valence-electron chi connectivity index (χ3n) is 7.49. The maximum absolute atomic E-state index is 13.4. The van der Waals surface area contributed by atoms with Crippen molar-refractivity contribution in [1.29, 1.82) is 0 Å². The quantitative estimate of drug-likeness (QED) is 0.260. The number of rotatable bonds is 11. The molecule has 2 aromatic carbocycles. The minimum Gasteiger partial charge on any atom is -0.300 e. The largest absolute Gasteiger partial charge is 0.300 e. The van der Waals surface area contributed by atoms with Gasteiger partial charge in [0.05, 0.1) is 6.42 Å². The standard InChI is InChI=1S/C31H38O4/c1-6-9-24(26(7-2)29(34)14-20(4)32)15-22-16-28-27(13-12-19(3)31(28)30(35)17-22)25-11-8-10-23(18-25)21(5)33/h8,10-13,18,22,24,26H,6-7,9,14-17H2,1-5H3. The molecule has 0 saturated carbocycles. The minimum atomic E-state index is -0.139. The van der Waals surface area contributed by atoms with E-state index in [0.29, 0.717) is 12.0 Å². The zero-order chi connectivity index (χ0) is 25.7. The lowest BCUT2D eigenvalue weighted by Crippen LogP contribution is -2.30. The van der Waals surface area contributed by atoms with Crippen LogP contribution in [0.4, 0.5) is 0 Å². The summed E-state index contributed by atoms with van der Waals surface area (Å²) in [6, 6.07) is 11.7. The zero-order valence-corrected chi connectivity index (χ0v) is 21.8. The van der Waals surface area contributed by atoms with Gasteiger partial charge in [-0.2, -0.15) is 0 Å². The Hall–Kier alpha value is -2.88. The van der Waals surface area contributed by atoms with Crippen LogP contribution in [0.1, 0.15) is 98.1 Å². The molecule has 0 spiro atoms. The van der Waals surface area contributed by atoms with E-state index in [2.05, 4.69) is 13.0 Å². The molecule has 4 nitrogen and oxygen atoms in total. The molecule has 0 saturated heterocycles. The lowest BCUT2D eigenvalue weighted by atomic mass is 9.71. The molecule has 0 fully saturated rings. The fourth-order valence-corrected chi connectivity index (χ4v) is 5.92. The Labute approximate surface area is 209 Å². The van der Waals surface area contributed by atoms with E-state index in [0.717, 1.165) is 59.9 Å². The summed E-state index contributed by atoms with van der Waals surface area (Å²) in [6.45, 7) is 9.17. The van der Waals surface area contributed by atoms with Crippen LogP contribution in [0.15, 0.2) is 36.4 Å². The fraction of sp³-hybridized carbons (Fsp3) is 0.484. The highest BCUT2D eigenvalue weighted by Gasteiger charge is 2.34. The Morgan fingerprint density at radius 2 is 1.77 bits per heavy atom. The summed E-state index contributed by atoms with van der Waals surface area (Å²) in [5.74, 6) is 0.325. The molecule has 0 heterocycles. The van der Waals surface area contributed by atoms with Crippen molar-refractivity contribution < 1.29 is 19.2 Å². The van der Waals surface area contributed by atoms with Crippen LogP contribution in [0.3, 0.4) is 0 Å². The van der Waals surface area contributed by atoms with Gasteiger partial charge in [-0.15, -0.1) is 0 Å². The highest BCUT2D eigenvalue weighted by Crippen LogP contribution is 2.40. The molecule has 186 valence electrons. The van der Waals surface area contributed by atoms with Gasteiger partial charge in [0.2, 0.25) is 0 Å². The molecule has 0 bridgehead atoms. The summed E-state index contributed by atoms with van der Waals surface area (Å²) in [4.78, 5) is 49.8. The predicted octanol–water partition coefficient (Wildman–Crippen LogP) is 6.99. The Bertz CT molecular complexity index is 1130. The molecule has 0 aromatic heterocycles. The van der Waals surface area contributed by atoms with Crippen molar-refractivity contribution in [1.82, 2.24) is 0 Å². The van der Waals surface area contributed by atoms with Gasteiger partial charge in [-0.05, 0) is 80.2 Å². The molecule has 0 radical (unpaired) electrons. The van der Waals surface area contributed by atoms with E-state index >= 15 is 0 Å². The Kier molecular flexibility index (Phi) is 8.93. The van der Waals surface area contributed by atoms with Crippen molar-refractivity contribution in [2.24, 2.45) is 17.8 Å². The van der Waals surface area contributed by atoms with Crippen molar-refractivity contribution in [2.75, 3.05) is 0 Å². The maximum Gasteiger partial charge on any atom is 0.163 e. The van der Waals surface area contributed by atoms with Crippen molar-refractivity contribution in [3.05, 3.63) is 58.7 Å². The van der Waals surface area contributed by atoms with Gasteiger partial charge >= 0.3 is 0 Å². The summed E-state index contributed by atoms with van der Waals surface area (Å²) in [5, 5.41) is 0. The van der Waals surface area contributed by atoms with Gasteiger partial charge in [0, 0.05) is 23.5 Å². The first-order valence-corrected chi connectivity index (χ1v) is 12.9. The number of hydrogen-bond donors (Lipinski definition) is 0. The van der Waals surface area contributed by atoms with E-state index in [4.69, 9.17) is 0 Å². The van der Waals surface area contributed by atoms with E-state index < -0.39 is 0 Å². The van der Waals surface area contributed by atoms with Crippen molar-refractivity contribution in [3.63, 3.8) is 0 Å². The van der Waals surface area contributed by atoms with Crippen molar-refractivity contribution >= 4 is 23.1 Å². The van der Waals surface area contributed by atoms with E-state index in [9.17, 15) is 19.2 Å². The Morgan fingerprint density at radius 3 is 2.40 bits per heavy atom. The van der Waals surface area contributed by atoms with Crippen LogP contribution in [0.5, 0.6) is 0 Å². The number of fused-ring (bicyclic) bond motifs is 1. The molecule has 3 rings (SSSR count). The van der Waals surface area contributed by atoms with Crippen LogP contribution in [-0.4, -0.2) is 23.1 Å². The SMILES string of the molecule is CCCC(CC1CC(=O)c2c(C)ccc(-c3cccc(C(C)=O)c3)c2C1)C(CC)C(=O)CC(C)=O. The monoisotopic (exact) mass is 474 g/mol. The molecule has 2 aromatic rings. The lowest BCUT2D eigenvalue weighted by molar-refractivity contribution is -0.129. The zero-order valence-electron chi connectivity index (χ0n) is 21.8. The van der Waals surface area contributed by atoms with Crippen LogP contribution >= 0.6 is 0 Å². The smallest absolute Gasteiger partial charge is 0.163 e. The number of Topliss-reactive ketones (excluding diaryl/α,β-unsaturated/α-hetero) is 4. The molecular weight excluding hydrogens is 436 g/mol. The average Bonchev–Trinajstić information content (AvgIpc) is 2.79. The first kappa shape index (κ1) is 26.7. The number of hydrogen-bond acceptors (Lipinski definition) is 4. The van der Waals surface area contributed by atoms with Crippen LogP contribution in [-0.2, 0) is 16.0 Å². The van der Waals surface area contributed by atoms with E-state index in [1.807, 2.05) is 44.2 Å². The third kappa shape index (κ3) is 6.22. The van der Waals surface area contributed by atoms with Crippen molar-refractivity contribution in [3.8, 4) is 11.1 Å². The third-order valence-corrected chi connectivity index (χ3v) is 7.49. The lowest BCUT2D eigenvalue weighted by Gasteiger charge is -2.32. The highest BCUT2D eigenvalue weighted by molar-refractivity contribution is 6.02. The molecule has 1 aliphatic carbocycles. The summed E-state index contributed by atoms with van der Waals surface area (Å²) < 4.78 is 0. The van der Waals surface area contributed by atoms with E-state index in [1.54, 1.807) is 6.92 Å². The molecule has 3 unspecified atom stereocenters. The van der Waals surface area contributed by atoms with Gasteiger partial charge in [0.15, 0.2) is 11.6 Å². The predicted molar refractivity (Wildman–Crippen MR) is 140 cm³/mol. The second-order valence-electron chi connectivity index (χ2n) is 10.3. The first-order chi connectivity index (χ1) is 16.7. The van der Waals surface area contributed by atoms with Gasteiger partial charge in [-0.25, -0.2) is 0 Å². The molecule has 35 heavy (non-hydrogen) atoms. The second-order valence-corrected chi connectivity index (χ2v) is 10.3. The van der Waals surface area contributed by atoms with Gasteiger partial charge in [-0.3, -0.25) is 19.2 Å². The van der Waals surface area contributed by atoms with Gasteiger partial charge in [-0.1, -0.05) is 57.0 Å². The number of benzene rings is 2. The number of aryl methyl sites for hydroxylation is 1. The normalized spacial score (nSPS) is 16.9. The minimum absolute atomic E-state index is 0.000976. The Morgan fingerprint density at radius 1 is 1.03 bits per heavy atom. The van der Waals surface area contributed by atoms with E-state index in [-0.39, 0.29) is 47.3 Å². The highest BCUT2D eigenvalue weighted by atomic mass is 16.1. The van der Waals surface area contributed by atoms with Crippen molar-refractivity contribution in [2.45, 2.75) is 79.6 Å². The fourth-order valence-electron chi connectivity index (χ4n) is 5.92. The van der Waals surface area contributed by atoms with Crippen LogP contribution in [0, 0.1) is 24.7 Å². The van der Waals surface area contributed by atoms with Gasteiger partial charge < -0.3 is 0 Å². The molecular formula is C31H38O4. The summed E-state index contributed by atoms with van der Waals surface area (Å²) in [5.41, 5.74) is 5.49. The molecule has 1 aliphatic rings. The average molecular weight is 475 g/mol. The number of ketones is 4. The van der Waals surface area contributed by atoms with Crippen LogP contribution < -0.4 is 0 Å². The molecule has 0 N–H and O–H groups in total. The molecule has 4 heteroatoms. The first-order valence-electron chi connectivity index (χ1n) is 12.9.